The van der Waals surface area contributed by atoms with Crippen LogP contribution in [0, 0.1) is 5.92 Å². The van der Waals surface area contributed by atoms with Crippen molar-refractivity contribution in [3.8, 4) is 22.8 Å². The van der Waals surface area contributed by atoms with Gasteiger partial charge in [-0.3, -0.25) is 9.69 Å². The second-order valence-corrected chi connectivity index (χ2v) is 11.3. The summed E-state index contributed by atoms with van der Waals surface area (Å²) in [6.07, 6.45) is 2.60. The largest absolute Gasteiger partial charge is 0.573 e. The Morgan fingerprint density at radius 3 is 2.56 bits per heavy atom. The van der Waals surface area contributed by atoms with Crippen LogP contribution in [0.4, 0.5) is 23.7 Å². The van der Waals surface area contributed by atoms with Crippen LogP contribution in [-0.4, -0.2) is 50.2 Å². The summed E-state index contributed by atoms with van der Waals surface area (Å²) in [7, 11) is 0. The molecule has 14 heteroatoms. The predicted octanol–water partition coefficient (Wildman–Crippen LogP) is 6.36. The van der Waals surface area contributed by atoms with Gasteiger partial charge in [-0.1, -0.05) is 67.1 Å². The number of benzene rings is 3. The van der Waals surface area contributed by atoms with Gasteiger partial charge in [-0.15, -0.1) is 18.3 Å². The van der Waals surface area contributed by atoms with Gasteiger partial charge in [-0.25, -0.2) is 19.9 Å². The lowest BCUT2D eigenvalue weighted by molar-refractivity contribution is -0.274. The minimum absolute atomic E-state index is 0.123. The number of hydrogen-bond donors (Lipinski definition) is 1. The molecule has 3 amide bonds. The number of ether oxygens (including phenoxy) is 1. The van der Waals surface area contributed by atoms with E-state index in [1.807, 2.05) is 24.3 Å². The van der Waals surface area contributed by atoms with E-state index in [0.717, 1.165) is 30.0 Å². The fraction of sp³-hybridized carbons (Fsp3) is 0.226. The van der Waals surface area contributed by atoms with E-state index >= 15 is 0 Å². The van der Waals surface area contributed by atoms with E-state index in [0.29, 0.717) is 27.8 Å². The number of nitrogens with one attached hydrogen (secondary N) is 1. The van der Waals surface area contributed by atoms with E-state index in [-0.39, 0.29) is 17.4 Å². The second kappa shape index (κ2) is 12.9. The molecule has 1 saturated carbocycles. The zero-order valence-electron chi connectivity index (χ0n) is 23.6. The second-order valence-electron chi connectivity index (χ2n) is 10.4. The highest BCUT2D eigenvalue weighted by atomic mass is 32.2. The van der Waals surface area contributed by atoms with E-state index in [2.05, 4.69) is 30.3 Å². The lowest BCUT2D eigenvalue weighted by Gasteiger charge is -2.19. The van der Waals surface area contributed by atoms with Crippen LogP contribution in [-0.2, 0) is 11.2 Å². The summed E-state index contributed by atoms with van der Waals surface area (Å²) in [5, 5.41) is 8.69. The number of urea groups is 1. The fourth-order valence-corrected chi connectivity index (χ4v) is 5.56. The number of rotatable bonds is 9. The number of thioether (sulfide) groups is 1. The van der Waals surface area contributed by atoms with Gasteiger partial charge < -0.3 is 4.74 Å². The monoisotopic (exact) mass is 633 g/mol. The molecule has 1 aliphatic heterocycles. The number of hydrazone groups is 1. The molecule has 45 heavy (non-hydrogen) atoms. The molecule has 10 nitrogen and oxygen atoms in total. The summed E-state index contributed by atoms with van der Waals surface area (Å²) >= 11 is 1.21. The summed E-state index contributed by atoms with van der Waals surface area (Å²) in [5.74, 6) is 0.911. The van der Waals surface area contributed by atoms with Gasteiger partial charge >= 0.3 is 12.4 Å². The van der Waals surface area contributed by atoms with E-state index < -0.39 is 12.4 Å². The van der Waals surface area contributed by atoms with Crippen molar-refractivity contribution >= 4 is 40.8 Å². The third-order valence-corrected chi connectivity index (χ3v) is 8.01. The number of aromatic nitrogens is 3. The first-order chi connectivity index (χ1) is 21.7. The van der Waals surface area contributed by atoms with Gasteiger partial charge in [0, 0.05) is 5.56 Å². The Bertz CT molecular complexity index is 1750. The highest BCUT2D eigenvalue weighted by Gasteiger charge is 2.32. The molecule has 1 aromatic heterocycles. The first-order valence-electron chi connectivity index (χ1n) is 14.1. The van der Waals surface area contributed by atoms with Gasteiger partial charge in [-0.05, 0) is 60.2 Å². The maximum absolute atomic E-state index is 12.7. The third-order valence-electron chi connectivity index (χ3n) is 7.08. The summed E-state index contributed by atoms with van der Waals surface area (Å²) in [5.41, 5.74) is 6.09. The Labute approximate surface area is 260 Å². The molecule has 1 saturated heterocycles. The molecule has 2 heterocycles. The van der Waals surface area contributed by atoms with Crippen molar-refractivity contribution in [2.24, 2.45) is 16.0 Å². The zero-order valence-corrected chi connectivity index (χ0v) is 24.5. The van der Waals surface area contributed by atoms with Crippen LogP contribution in [0.2, 0.25) is 0 Å². The Morgan fingerprint density at radius 2 is 1.82 bits per heavy atom. The predicted molar refractivity (Wildman–Crippen MR) is 164 cm³/mol. The first-order valence-corrected chi connectivity index (χ1v) is 15.0. The average Bonchev–Trinajstić information content (AvgIpc) is 3.60. The van der Waals surface area contributed by atoms with Gasteiger partial charge in [0.25, 0.3) is 0 Å². The normalized spacial score (nSPS) is 16.1. The summed E-state index contributed by atoms with van der Waals surface area (Å²) in [6.45, 7) is 0. The maximum Gasteiger partial charge on any atom is 0.573 e. The number of para-hydroxylation sites is 1. The Balaban J connectivity index is 1.06. The summed E-state index contributed by atoms with van der Waals surface area (Å²) < 4.78 is 42.5. The van der Waals surface area contributed by atoms with Gasteiger partial charge in [0.2, 0.25) is 5.91 Å². The number of alkyl halides is 3. The molecule has 1 aliphatic carbocycles. The summed E-state index contributed by atoms with van der Waals surface area (Å²) in [6, 6.07) is 19.3. The summed E-state index contributed by atoms with van der Waals surface area (Å²) in [4.78, 5) is 35.2. The van der Waals surface area contributed by atoms with Crippen LogP contribution >= 0.6 is 11.8 Å². The maximum atomic E-state index is 12.7. The molecule has 2 aliphatic rings. The quantitative estimate of drug-likeness (QED) is 0.170. The molecule has 0 bridgehead atoms. The molecule has 1 N–H and O–H groups in total. The number of carbonyl (C=O) groups is 2. The number of hydrogen-bond acceptors (Lipinski definition) is 7. The van der Waals surface area contributed by atoms with Crippen molar-refractivity contribution in [3.63, 3.8) is 0 Å². The van der Waals surface area contributed by atoms with Gasteiger partial charge in [-0.2, -0.15) is 10.1 Å². The number of aryl methyl sites for hydroxylation is 1. The number of nitrogens with zero attached hydrogens (tertiary/aromatic N) is 6. The van der Waals surface area contributed by atoms with Crippen molar-refractivity contribution in [3.05, 3.63) is 90.3 Å². The van der Waals surface area contributed by atoms with Crippen LogP contribution in [0.25, 0.3) is 17.1 Å². The van der Waals surface area contributed by atoms with Crippen molar-refractivity contribution in [2.75, 3.05) is 10.7 Å². The highest BCUT2D eigenvalue weighted by Crippen LogP contribution is 2.36. The number of amidine groups is 1. The standard InChI is InChI=1S/C31H26F3N7O3S/c32-31(33,34)44-25-15-13-24(14-16-25)40-19-35-28(39-40)23-11-8-21(9-12-23)17-36-38-29(43)37-30-41(27(42)18-45-30)26-4-2-1-3-22(26)10-7-20-5-6-20/h1-4,8-9,11-17,19-20H,5-7,10,18H2,(H,38,43)/b36-17+,37-30-. The topological polar surface area (TPSA) is 114 Å². The van der Waals surface area contributed by atoms with Gasteiger partial charge in [0.15, 0.2) is 11.0 Å². The Kier molecular flexibility index (Phi) is 8.65. The Hall–Kier alpha value is -4.98. The van der Waals surface area contributed by atoms with Crippen LogP contribution < -0.4 is 15.1 Å². The van der Waals surface area contributed by atoms with E-state index in [1.54, 1.807) is 24.3 Å². The fourth-order valence-electron chi connectivity index (χ4n) is 4.70. The highest BCUT2D eigenvalue weighted by molar-refractivity contribution is 8.15. The van der Waals surface area contributed by atoms with Crippen molar-refractivity contribution in [1.29, 1.82) is 0 Å². The molecule has 4 aromatic rings. The average molecular weight is 634 g/mol. The number of carbonyl (C=O) groups excluding carboxylic acids is 2. The molecule has 2 fully saturated rings. The molecule has 0 spiro atoms. The molecular formula is C31H26F3N7O3S. The van der Waals surface area contributed by atoms with E-state index in [9.17, 15) is 22.8 Å². The lowest BCUT2D eigenvalue weighted by Crippen LogP contribution is -2.31. The van der Waals surface area contributed by atoms with Crippen LogP contribution in [0.3, 0.4) is 0 Å². The van der Waals surface area contributed by atoms with Crippen molar-refractivity contribution < 1.29 is 27.5 Å². The molecule has 6 rings (SSSR count). The Morgan fingerprint density at radius 1 is 1.07 bits per heavy atom. The van der Waals surface area contributed by atoms with Crippen LogP contribution in [0.15, 0.2) is 89.2 Å². The number of anilines is 1. The van der Waals surface area contributed by atoms with E-state index in [1.165, 1.54) is 71.0 Å². The number of halogens is 3. The minimum Gasteiger partial charge on any atom is -0.406 e. The van der Waals surface area contributed by atoms with Crippen molar-refractivity contribution in [1.82, 2.24) is 20.2 Å². The van der Waals surface area contributed by atoms with Crippen LogP contribution in [0.5, 0.6) is 5.75 Å². The molecule has 0 radical (unpaired) electrons. The van der Waals surface area contributed by atoms with Crippen molar-refractivity contribution in [2.45, 2.75) is 32.0 Å². The smallest absolute Gasteiger partial charge is 0.406 e. The van der Waals surface area contributed by atoms with Gasteiger partial charge in [0.05, 0.1) is 23.3 Å². The number of amides is 3. The molecular weight excluding hydrogens is 607 g/mol. The van der Waals surface area contributed by atoms with Gasteiger partial charge in [0.1, 0.15) is 12.1 Å². The zero-order chi connectivity index (χ0) is 31.4. The molecule has 0 unspecified atom stereocenters. The minimum atomic E-state index is -4.77. The number of aliphatic imine (C=N–C) groups is 1. The lowest BCUT2D eigenvalue weighted by atomic mass is 10.0. The SMILES string of the molecule is O=C(/N=C1\SCC(=O)N1c1ccccc1CCC1CC1)N/N=C/c1ccc(-c2ncn(-c3ccc(OC(F)(F)F)cc3)n2)cc1. The molecule has 3 aromatic carbocycles. The molecule has 0 atom stereocenters. The van der Waals surface area contributed by atoms with E-state index in [4.69, 9.17) is 0 Å². The third kappa shape index (κ3) is 7.76. The first kappa shape index (κ1) is 30.1. The van der Waals surface area contributed by atoms with Crippen LogP contribution in [0.1, 0.15) is 30.4 Å². The molecule has 230 valence electrons.